The van der Waals surface area contributed by atoms with Crippen LogP contribution in [0.2, 0.25) is 0 Å². The Bertz CT molecular complexity index is 601. The average Bonchev–Trinajstić information content (AvgIpc) is 3.40. The van der Waals surface area contributed by atoms with Crippen molar-refractivity contribution in [1.29, 1.82) is 0 Å². The summed E-state index contributed by atoms with van der Waals surface area (Å²) in [4.78, 5) is 11.8. The van der Waals surface area contributed by atoms with Gasteiger partial charge < -0.3 is 15.8 Å². The van der Waals surface area contributed by atoms with Crippen LogP contribution in [0.5, 0.6) is 0 Å². The molecule has 26 heavy (non-hydrogen) atoms. The number of hydrazine groups is 1. The lowest BCUT2D eigenvalue weighted by molar-refractivity contribution is 0.0508. The van der Waals surface area contributed by atoms with E-state index in [9.17, 15) is 4.79 Å². The topological polar surface area (TPSA) is 93.6 Å². The molecule has 5 N–H and O–H groups in total. The molecule has 0 heterocycles. The van der Waals surface area contributed by atoms with Gasteiger partial charge in [0.2, 0.25) is 0 Å². The number of rotatable bonds is 5. The Morgan fingerprint density at radius 1 is 1.27 bits per heavy atom. The van der Waals surface area contributed by atoms with E-state index in [0.717, 1.165) is 29.8 Å². The summed E-state index contributed by atoms with van der Waals surface area (Å²) in [5, 5.41) is 4.35. The van der Waals surface area contributed by atoms with Gasteiger partial charge in [0.1, 0.15) is 5.60 Å². The van der Waals surface area contributed by atoms with Gasteiger partial charge in [0, 0.05) is 17.8 Å². The minimum Gasteiger partial charge on any atom is -0.444 e. The predicted octanol–water partition coefficient (Wildman–Crippen LogP) is 4.19. The number of allylic oxidation sites excluding steroid dienone is 1. The van der Waals surface area contributed by atoms with Crippen LogP contribution in [-0.2, 0) is 4.74 Å². The first kappa shape index (κ1) is 21.8. The molecular formula is C20H34N4O2. The van der Waals surface area contributed by atoms with Gasteiger partial charge in [-0.2, -0.15) is 0 Å². The second-order valence-corrected chi connectivity index (χ2v) is 7.27. The highest BCUT2D eigenvalue weighted by molar-refractivity contribution is 5.68. The van der Waals surface area contributed by atoms with Crippen molar-refractivity contribution in [3.8, 4) is 0 Å². The number of nitrogens with two attached hydrogens (primary N) is 2. The fourth-order valence-corrected chi connectivity index (χ4v) is 2.26. The van der Waals surface area contributed by atoms with Crippen LogP contribution < -0.4 is 21.9 Å². The molecule has 1 saturated carbocycles. The van der Waals surface area contributed by atoms with Crippen LogP contribution in [0.4, 0.5) is 10.5 Å². The lowest BCUT2D eigenvalue weighted by Gasteiger charge is -2.22. The SMILES string of the molecule is CC.CC(NC(=O)OC(C)(C)C)c1ccc(N(N)/C=C(\N)C2CC2)cc1. The largest absolute Gasteiger partial charge is 0.444 e. The summed E-state index contributed by atoms with van der Waals surface area (Å²) in [6.45, 7) is 11.4. The van der Waals surface area contributed by atoms with Crippen LogP contribution in [0.3, 0.4) is 0 Å². The third-order valence-electron chi connectivity index (χ3n) is 3.76. The molecule has 0 spiro atoms. The average molecular weight is 363 g/mol. The van der Waals surface area contributed by atoms with Crippen LogP contribution in [0.1, 0.15) is 66.0 Å². The smallest absolute Gasteiger partial charge is 0.408 e. The number of alkyl carbamates (subject to hydrolysis) is 1. The van der Waals surface area contributed by atoms with Crippen LogP contribution >= 0.6 is 0 Å². The first-order valence-electron chi connectivity index (χ1n) is 9.26. The maximum absolute atomic E-state index is 11.8. The zero-order valence-electron chi connectivity index (χ0n) is 16.9. The van der Waals surface area contributed by atoms with Crippen molar-refractivity contribution in [2.24, 2.45) is 17.5 Å². The summed E-state index contributed by atoms with van der Waals surface area (Å²) >= 11 is 0. The molecule has 0 radical (unpaired) electrons. The van der Waals surface area contributed by atoms with Crippen molar-refractivity contribution in [1.82, 2.24) is 5.32 Å². The fraction of sp³-hybridized carbons (Fsp3) is 0.550. The van der Waals surface area contributed by atoms with Crippen molar-refractivity contribution in [3.63, 3.8) is 0 Å². The van der Waals surface area contributed by atoms with Crippen molar-refractivity contribution < 1.29 is 9.53 Å². The summed E-state index contributed by atoms with van der Waals surface area (Å²) in [5.41, 5.74) is 8.10. The highest BCUT2D eigenvalue weighted by Gasteiger charge is 2.24. The van der Waals surface area contributed by atoms with Gasteiger partial charge in [-0.05, 0) is 58.2 Å². The Morgan fingerprint density at radius 2 is 1.81 bits per heavy atom. The standard InChI is InChI=1S/C18H28N4O2.C2H6/c1-12(21-17(23)24-18(2,3)4)13-7-9-15(10-8-13)22(20)11-16(19)14-5-6-14;1-2/h7-12,14H,5-6,19-20H2,1-4H3,(H,21,23);1-2H3/b16-11-;. The van der Waals surface area contributed by atoms with E-state index in [1.807, 2.05) is 65.8 Å². The van der Waals surface area contributed by atoms with E-state index in [-0.39, 0.29) is 6.04 Å². The monoisotopic (exact) mass is 362 g/mol. The predicted molar refractivity (Wildman–Crippen MR) is 107 cm³/mol. The minimum absolute atomic E-state index is 0.160. The maximum atomic E-state index is 11.8. The molecule has 1 amide bonds. The quantitative estimate of drug-likeness (QED) is 0.539. The molecular weight excluding hydrogens is 328 g/mol. The van der Waals surface area contributed by atoms with Gasteiger partial charge in [-0.25, -0.2) is 10.6 Å². The van der Waals surface area contributed by atoms with Gasteiger partial charge in [0.25, 0.3) is 0 Å². The van der Waals surface area contributed by atoms with E-state index in [0.29, 0.717) is 5.92 Å². The van der Waals surface area contributed by atoms with Crippen molar-refractivity contribution in [3.05, 3.63) is 41.7 Å². The summed E-state index contributed by atoms with van der Waals surface area (Å²) in [6.07, 6.45) is 3.63. The fourth-order valence-electron chi connectivity index (χ4n) is 2.26. The van der Waals surface area contributed by atoms with Crippen molar-refractivity contribution in [2.45, 2.75) is 66.0 Å². The van der Waals surface area contributed by atoms with E-state index >= 15 is 0 Å². The molecule has 0 saturated heterocycles. The molecule has 0 bridgehead atoms. The normalized spacial score (nSPS) is 15.4. The second kappa shape index (κ2) is 9.48. The summed E-state index contributed by atoms with van der Waals surface area (Å²) in [6, 6.07) is 7.50. The molecule has 1 fully saturated rings. The van der Waals surface area contributed by atoms with Gasteiger partial charge in [-0.1, -0.05) is 26.0 Å². The highest BCUT2D eigenvalue weighted by atomic mass is 16.6. The van der Waals surface area contributed by atoms with Crippen molar-refractivity contribution >= 4 is 11.8 Å². The molecule has 2 rings (SSSR count). The molecule has 6 nitrogen and oxygen atoms in total. The molecule has 1 aromatic rings. The summed E-state index contributed by atoms with van der Waals surface area (Å²) < 4.78 is 5.26. The zero-order chi connectivity index (χ0) is 19.9. The van der Waals surface area contributed by atoms with Gasteiger partial charge in [-0.3, -0.25) is 5.01 Å². The number of anilines is 1. The maximum Gasteiger partial charge on any atom is 0.408 e. The Balaban J connectivity index is 0.00000163. The Kier molecular flexibility index (Phi) is 7.96. The third-order valence-corrected chi connectivity index (χ3v) is 3.76. The van der Waals surface area contributed by atoms with Gasteiger partial charge in [0.15, 0.2) is 0 Å². The number of ether oxygens (including phenoxy) is 1. The summed E-state index contributed by atoms with van der Waals surface area (Å²) in [7, 11) is 0. The molecule has 1 atom stereocenters. The zero-order valence-corrected chi connectivity index (χ0v) is 16.9. The van der Waals surface area contributed by atoms with Crippen LogP contribution in [0, 0.1) is 5.92 Å². The van der Waals surface area contributed by atoms with Crippen LogP contribution in [0.15, 0.2) is 36.2 Å². The first-order chi connectivity index (χ1) is 12.2. The number of nitrogens with zero attached hydrogens (tertiary/aromatic N) is 1. The number of amides is 1. The van der Waals surface area contributed by atoms with Gasteiger partial charge in [0.05, 0.1) is 11.7 Å². The van der Waals surface area contributed by atoms with Crippen LogP contribution in [0.25, 0.3) is 0 Å². The number of hydrogen-bond donors (Lipinski definition) is 3. The number of carbonyl (C=O) groups is 1. The van der Waals surface area contributed by atoms with Gasteiger partial charge >= 0.3 is 6.09 Å². The Morgan fingerprint density at radius 3 is 2.27 bits per heavy atom. The van der Waals surface area contributed by atoms with Gasteiger partial charge in [-0.15, -0.1) is 0 Å². The molecule has 146 valence electrons. The first-order valence-corrected chi connectivity index (χ1v) is 9.26. The number of benzene rings is 1. The lowest BCUT2D eigenvalue weighted by Crippen LogP contribution is -2.34. The molecule has 0 aliphatic heterocycles. The number of carbonyl (C=O) groups excluding carboxylic acids is 1. The Labute approximate surface area is 157 Å². The minimum atomic E-state index is -0.512. The lowest BCUT2D eigenvalue weighted by atomic mass is 10.1. The highest BCUT2D eigenvalue weighted by Crippen LogP contribution is 2.34. The summed E-state index contributed by atoms with van der Waals surface area (Å²) in [5.74, 6) is 6.50. The molecule has 6 heteroatoms. The number of nitrogens with one attached hydrogen (secondary N) is 1. The Hall–Kier alpha value is -2.21. The molecule has 1 unspecified atom stereocenters. The van der Waals surface area contributed by atoms with Crippen molar-refractivity contribution in [2.75, 3.05) is 5.01 Å². The molecule has 0 aromatic heterocycles. The number of hydrogen-bond acceptors (Lipinski definition) is 5. The van der Waals surface area contributed by atoms with E-state index in [2.05, 4.69) is 5.32 Å². The third kappa shape index (κ3) is 7.35. The van der Waals surface area contributed by atoms with Crippen LogP contribution in [-0.4, -0.2) is 11.7 Å². The van der Waals surface area contributed by atoms with E-state index in [1.54, 1.807) is 6.20 Å². The second-order valence-electron chi connectivity index (χ2n) is 7.27. The van der Waals surface area contributed by atoms with E-state index < -0.39 is 11.7 Å². The van der Waals surface area contributed by atoms with E-state index in [4.69, 9.17) is 16.3 Å². The molecule has 1 aliphatic carbocycles. The molecule has 1 aliphatic rings. The molecule has 1 aromatic carbocycles. The van der Waals surface area contributed by atoms with E-state index in [1.165, 1.54) is 5.01 Å².